The topological polar surface area (TPSA) is 39.7 Å². The molecule has 2 atom stereocenters. The molecular weight excluding hydrogens is 254 g/mol. The Morgan fingerprint density at radius 3 is 2.85 bits per heavy atom. The predicted molar refractivity (Wildman–Crippen MR) is 79.5 cm³/mol. The normalized spacial score (nSPS) is 21.9. The van der Waals surface area contributed by atoms with Crippen molar-refractivity contribution < 1.29 is 14.2 Å². The molecule has 1 N–H and O–H groups in total. The summed E-state index contributed by atoms with van der Waals surface area (Å²) in [4.78, 5) is 0. The highest BCUT2D eigenvalue weighted by molar-refractivity contribution is 5.42. The standard InChI is InChI=1S/C16H25NO3/c1-4-8-17-11-12-7-9-20-16(12)14-6-5-13(18-2)10-15(14)19-3/h5-6,10,12,16-17H,4,7-9,11H2,1-3H3. The molecule has 1 aliphatic heterocycles. The summed E-state index contributed by atoms with van der Waals surface area (Å²) in [6.45, 7) is 5.05. The van der Waals surface area contributed by atoms with Crippen LogP contribution in [0.4, 0.5) is 0 Å². The minimum Gasteiger partial charge on any atom is -0.497 e. The maximum Gasteiger partial charge on any atom is 0.128 e. The van der Waals surface area contributed by atoms with Gasteiger partial charge in [-0.2, -0.15) is 0 Å². The van der Waals surface area contributed by atoms with Crippen molar-refractivity contribution in [2.24, 2.45) is 5.92 Å². The van der Waals surface area contributed by atoms with Crippen molar-refractivity contribution in [2.45, 2.75) is 25.9 Å². The van der Waals surface area contributed by atoms with Gasteiger partial charge in [-0.15, -0.1) is 0 Å². The molecule has 0 aliphatic carbocycles. The van der Waals surface area contributed by atoms with Gasteiger partial charge in [0.25, 0.3) is 0 Å². The molecule has 1 saturated heterocycles. The molecule has 0 bridgehead atoms. The molecule has 1 fully saturated rings. The lowest BCUT2D eigenvalue weighted by Crippen LogP contribution is -2.25. The summed E-state index contributed by atoms with van der Waals surface area (Å²) in [5, 5.41) is 3.49. The number of nitrogens with one attached hydrogen (secondary N) is 1. The van der Waals surface area contributed by atoms with Gasteiger partial charge >= 0.3 is 0 Å². The van der Waals surface area contributed by atoms with E-state index in [1.807, 2.05) is 12.1 Å². The lowest BCUT2D eigenvalue weighted by atomic mass is 9.94. The number of methoxy groups -OCH3 is 2. The van der Waals surface area contributed by atoms with E-state index in [0.717, 1.165) is 49.6 Å². The van der Waals surface area contributed by atoms with Gasteiger partial charge in [0.15, 0.2) is 0 Å². The molecule has 4 nitrogen and oxygen atoms in total. The highest BCUT2D eigenvalue weighted by Crippen LogP contribution is 2.40. The Labute approximate surface area is 121 Å². The highest BCUT2D eigenvalue weighted by atomic mass is 16.5. The zero-order chi connectivity index (χ0) is 14.4. The van der Waals surface area contributed by atoms with E-state index in [0.29, 0.717) is 5.92 Å². The predicted octanol–water partition coefficient (Wildman–Crippen LogP) is 2.78. The monoisotopic (exact) mass is 279 g/mol. The first-order chi connectivity index (χ1) is 9.80. The van der Waals surface area contributed by atoms with Crippen molar-refractivity contribution >= 4 is 0 Å². The molecule has 1 aliphatic rings. The molecule has 0 radical (unpaired) electrons. The van der Waals surface area contributed by atoms with Crippen LogP contribution >= 0.6 is 0 Å². The van der Waals surface area contributed by atoms with Gasteiger partial charge in [-0.1, -0.05) is 6.92 Å². The Hall–Kier alpha value is -1.26. The van der Waals surface area contributed by atoms with Crippen LogP contribution in [0.25, 0.3) is 0 Å². The van der Waals surface area contributed by atoms with Crippen molar-refractivity contribution in [1.82, 2.24) is 5.32 Å². The molecule has 0 amide bonds. The third-order valence-electron chi connectivity index (χ3n) is 3.79. The van der Waals surface area contributed by atoms with E-state index in [1.54, 1.807) is 14.2 Å². The Morgan fingerprint density at radius 1 is 1.30 bits per heavy atom. The molecule has 0 spiro atoms. The average molecular weight is 279 g/mol. The maximum atomic E-state index is 5.94. The second-order valence-corrected chi connectivity index (χ2v) is 5.15. The van der Waals surface area contributed by atoms with Crippen molar-refractivity contribution in [3.63, 3.8) is 0 Å². The summed E-state index contributed by atoms with van der Waals surface area (Å²) in [6.07, 6.45) is 2.36. The zero-order valence-electron chi connectivity index (χ0n) is 12.6. The number of hydrogen-bond acceptors (Lipinski definition) is 4. The van der Waals surface area contributed by atoms with Crippen LogP contribution in [-0.2, 0) is 4.74 Å². The van der Waals surface area contributed by atoms with Gasteiger partial charge in [0.1, 0.15) is 11.5 Å². The lowest BCUT2D eigenvalue weighted by molar-refractivity contribution is 0.0882. The minimum atomic E-state index is 0.111. The Balaban J connectivity index is 2.12. The first-order valence-electron chi connectivity index (χ1n) is 7.34. The molecule has 112 valence electrons. The van der Waals surface area contributed by atoms with Crippen molar-refractivity contribution in [3.8, 4) is 11.5 Å². The van der Waals surface area contributed by atoms with E-state index >= 15 is 0 Å². The van der Waals surface area contributed by atoms with Crippen LogP contribution in [0.1, 0.15) is 31.4 Å². The molecule has 2 rings (SSSR count). The molecule has 1 aromatic rings. The first kappa shape index (κ1) is 15.1. The SMILES string of the molecule is CCCNCC1CCOC1c1ccc(OC)cc1OC. The van der Waals surface area contributed by atoms with Gasteiger partial charge in [-0.3, -0.25) is 0 Å². The van der Waals surface area contributed by atoms with Gasteiger partial charge in [0.05, 0.1) is 20.3 Å². The molecule has 0 aromatic heterocycles. The van der Waals surface area contributed by atoms with Gasteiger partial charge in [0.2, 0.25) is 0 Å². The molecule has 0 saturated carbocycles. The molecule has 1 aromatic carbocycles. The second kappa shape index (κ2) is 7.50. The van der Waals surface area contributed by atoms with Crippen molar-refractivity contribution in [1.29, 1.82) is 0 Å². The lowest BCUT2D eigenvalue weighted by Gasteiger charge is -2.21. The van der Waals surface area contributed by atoms with Crippen LogP contribution in [0.5, 0.6) is 11.5 Å². The highest BCUT2D eigenvalue weighted by Gasteiger charge is 2.31. The van der Waals surface area contributed by atoms with Gasteiger partial charge in [-0.05, 0) is 31.5 Å². The fourth-order valence-electron chi connectivity index (χ4n) is 2.70. The summed E-state index contributed by atoms with van der Waals surface area (Å²) in [5.74, 6) is 2.16. The summed E-state index contributed by atoms with van der Waals surface area (Å²) < 4.78 is 16.7. The zero-order valence-corrected chi connectivity index (χ0v) is 12.6. The van der Waals surface area contributed by atoms with Crippen LogP contribution in [0.3, 0.4) is 0 Å². The Morgan fingerprint density at radius 2 is 2.15 bits per heavy atom. The van der Waals surface area contributed by atoms with Crippen LogP contribution in [0, 0.1) is 5.92 Å². The Bertz CT molecular complexity index is 422. The molecular formula is C16H25NO3. The number of ether oxygens (including phenoxy) is 3. The molecule has 20 heavy (non-hydrogen) atoms. The Kier molecular flexibility index (Phi) is 5.68. The summed E-state index contributed by atoms with van der Waals surface area (Å²) in [5.41, 5.74) is 1.12. The van der Waals surface area contributed by atoms with Crippen LogP contribution in [0.15, 0.2) is 18.2 Å². The second-order valence-electron chi connectivity index (χ2n) is 5.15. The summed E-state index contributed by atoms with van der Waals surface area (Å²) in [7, 11) is 3.36. The summed E-state index contributed by atoms with van der Waals surface area (Å²) >= 11 is 0. The van der Waals surface area contributed by atoms with Crippen LogP contribution in [-0.4, -0.2) is 33.9 Å². The molecule has 1 heterocycles. The third kappa shape index (κ3) is 3.44. The van der Waals surface area contributed by atoms with E-state index in [-0.39, 0.29) is 6.10 Å². The minimum absolute atomic E-state index is 0.111. The first-order valence-corrected chi connectivity index (χ1v) is 7.34. The van der Waals surface area contributed by atoms with Crippen molar-refractivity contribution in [2.75, 3.05) is 33.9 Å². The largest absolute Gasteiger partial charge is 0.497 e. The number of hydrogen-bond donors (Lipinski definition) is 1. The smallest absolute Gasteiger partial charge is 0.128 e. The van der Waals surface area contributed by atoms with Crippen LogP contribution in [0.2, 0.25) is 0 Å². The van der Waals surface area contributed by atoms with E-state index in [2.05, 4.69) is 18.3 Å². The number of benzene rings is 1. The van der Waals surface area contributed by atoms with E-state index < -0.39 is 0 Å². The fraction of sp³-hybridized carbons (Fsp3) is 0.625. The maximum absolute atomic E-state index is 5.94. The van der Waals surface area contributed by atoms with E-state index in [9.17, 15) is 0 Å². The fourth-order valence-corrected chi connectivity index (χ4v) is 2.70. The van der Waals surface area contributed by atoms with Crippen LogP contribution < -0.4 is 14.8 Å². The van der Waals surface area contributed by atoms with E-state index in [1.165, 1.54) is 0 Å². The quantitative estimate of drug-likeness (QED) is 0.779. The van der Waals surface area contributed by atoms with Gasteiger partial charge in [0, 0.05) is 30.7 Å². The number of rotatable bonds is 7. The van der Waals surface area contributed by atoms with Gasteiger partial charge in [-0.25, -0.2) is 0 Å². The summed E-state index contributed by atoms with van der Waals surface area (Å²) in [6, 6.07) is 5.95. The van der Waals surface area contributed by atoms with Gasteiger partial charge < -0.3 is 19.5 Å². The molecule has 2 unspecified atom stereocenters. The molecule has 4 heteroatoms. The third-order valence-corrected chi connectivity index (χ3v) is 3.79. The van der Waals surface area contributed by atoms with E-state index in [4.69, 9.17) is 14.2 Å². The van der Waals surface area contributed by atoms with Crippen molar-refractivity contribution in [3.05, 3.63) is 23.8 Å². The average Bonchev–Trinajstić information content (AvgIpc) is 2.95.